The molecule has 0 saturated heterocycles. The summed E-state index contributed by atoms with van der Waals surface area (Å²) in [7, 11) is 0. The minimum absolute atomic E-state index is 0.0930. The van der Waals surface area contributed by atoms with E-state index in [1.54, 1.807) is 16.8 Å². The fourth-order valence-electron chi connectivity index (χ4n) is 3.06. The van der Waals surface area contributed by atoms with Gasteiger partial charge in [0.15, 0.2) is 0 Å². The van der Waals surface area contributed by atoms with Crippen molar-refractivity contribution in [3.63, 3.8) is 0 Å². The molecular weight excluding hydrogens is 304 g/mol. The van der Waals surface area contributed by atoms with Crippen LogP contribution in [0.3, 0.4) is 0 Å². The zero-order chi connectivity index (χ0) is 16.9. The second kappa shape index (κ2) is 7.45. The van der Waals surface area contributed by atoms with Crippen molar-refractivity contribution < 1.29 is 9.90 Å². The van der Waals surface area contributed by atoms with Crippen LogP contribution in [0.1, 0.15) is 41.6 Å². The number of aromatic nitrogens is 1. The largest absolute Gasteiger partial charge is 0.393 e. The monoisotopic (exact) mass is 326 g/mol. The zero-order valence-electron chi connectivity index (χ0n) is 13.5. The molecule has 5 nitrogen and oxygen atoms in total. The highest BCUT2D eigenvalue weighted by Gasteiger charge is 2.21. The third-order valence-corrected chi connectivity index (χ3v) is 4.47. The third-order valence-electron chi connectivity index (χ3n) is 4.47. The molecule has 0 aliphatic heterocycles. The Labute approximate surface area is 140 Å². The molecule has 1 heterocycles. The van der Waals surface area contributed by atoms with Gasteiger partial charge in [-0.15, -0.1) is 0 Å². The van der Waals surface area contributed by atoms with Gasteiger partial charge in [0.2, 0.25) is 0 Å². The molecular formula is C19H22N2O3. The summed E-state index contributed by atoms with van der Waals surface area (Å²) in [6, 6.07) is 12.8. The molecule has 1 fully saturated rings. The molecule has 2 N–H and O–H groups in total. The standard InChI is InChI=1S/C19H22N2O3/c22-17-9-7-16(8-10-17)20-19(24)15-6-11-18(23)21(13-15)12-14-4-2-1-3-5-14/h1-6,11,13,16-17,22H,7-10,12H2,(H,20,24). The Morgan fingerprint density at radius 2 is 1.79 bits per heavy atom. The van der Waals surface area contributed by atoms with E-state index in [2.05, 4.69) is 5.32 Å². The van der Waals surface area contributed by atoms with Crippen molar-refractivity contribution in [1.82, 2.24) is 9.88 Å². The lowest BCUT2D eigenvalue weighted by Gasteiger charge is -2.26. The summed E-state index contributed by atoms with van der Waals surface area (Å²) < 4.78 is 1.55. The van der Waals surface area contributed by atoms with Gasteiger partial charge in [0, 0.05) is 18.3 Å². The van der Waals surface area contributed by atoms with E-state index in [0.29, 0.717) is 12.1 Å². The molecule has 2 aromatic rings. The molecule has 1 saturated carbocycles. The van der Waals surface area contributed by atoms with Crippen LogP contribution >= 0.6 is 0 Å². The molecule has 0 spiro atoms. The number of carbonyl (C=O) groups is 1. The molecule has 3 rings (SSSR count). The smallest absolute Gasteiger partial charge is 0.252 e. The summed E-state index contributed by atoms with van der Waals surface area (Å²) in [5.41, 5.74) is 1.37. The van der Waals surface area contributed by atoms with Gasteiger partial charge in [-0.2, -0.15) is 0 Å². The Hall–Kier alpha value is -2.40. The van der Waals surface area contributed by atoms with Crippen LogP contribution in [0.15, 0.2) is 53.5 Å². The van der Waals surface area contributed by atoms with Crippen LogP contribution in [0.25, 0.3) is 0 Å². The van der Waals surface area contributed by atoms with Gasteiger partial charge in [0.1, 0.15) is 0 Å². The van der Waals surface area contributed by atoms with Crippen LogP contribution in [-0.4, -0.2) is 27.7 Å². The number of hydrogen-bond donors (Lipinski definition) is 2. The Morgan fingerprint density at radius 3 is 2.50 bits per heavy atom. The molecule has 0 atom stereocenters. The molecule has 24 heavy (non-hydrogen) atoms. The van der Waals surface area contributed by atoms with Gasteiger partial charge in [-0.1, -0.05) is 30.3 Å². The predicted molar refractivity (Wildman–Crippen MR) is 92.0 cm³/mol. The first-order valence-corrected chi connectivity index (χ1v) is 8.35. The van der Waals surface area contributed by atoms with Crippen molar-refractivity contribution in [3.8, 4) is 0 Å². The summed E-state index contributed by atoms with van der Waals surface area (Å²) in [4.78, 5) is 24.4. The van der Waals surface area contributed by atoms with Crippen LogP contribution in [0.4, 0.5) is 0 Å². The minimum atomic E-state index is -0.245. The molecule has 1 aromatic heterocycles. The van der Waals surface area contributed by atoms with E-state index in [1.807, 2.05) is 30.3 Å². The predicted octanol–water partition coefficient (Wildman–Crippen LogP) is 1.93. The number of carbonyl (C=O) groups excluding carboxylic acids is 1. The van der Waals surface area contributed by atoms with Crippen molar-refractivity contribution in [2.24, 2.45) is 0 Å². The highest BCUT2D eigenvalue weighted by Crippen LogP contribution is 2.18. The maximum atomic E-state index is 12.4. The fraction of sp³-hybridized carbons (Fsp3) is 0.368. The Morgan fingerprint density at radius 1 is 1.08 bits per heavy atom. The number of nitrogens with zero attached hydrogens (tertiary/aromatic N) is 1. The normalized spacial score (nSPS) is 20.5. The maximum absolute atomic E-state index is 12.4. The Balaban J connectivity index is 1.70. The summed E-state index contributed by atoms with van der Waals surface area (Å²) >= 11 is 0. The average molecular weight is 326 g/mol. The highest BCUT2D eigenvalue weighted by molar-refractivity contribution is 5.94. The van der Waals surface area contributed by atoms with Crippen molar-refractivity contribution in [3.05, 3.63) is 70.1 Å². The zero-order valence-corrected chi connectivity index (χ0v) is 13.5. The Bertz CT molecular complexity index is 747. The number of benzene rings is 1. The highest BCUT2D eigenvalue weighted by atomic mass is 16.3. The lowest BCUT2D eigenvalue weighted by Crippen LogP contribution is -2.39. The second-order valence-corrected chi connectivity index (χ2v) is 6.35. The van der Waals surface area contributed by atoms with Gasteiger partial charge >= 0.3 is 0 Å². The molecule has 0 unspecified atom stereocenters. The third kappa shape index (κ3) is 4.11. The first-order valence-electron chi connectivity index (χ1n) is 8.35. The lowest BCUT2D eigenvalue weighted by atomic mass is 9.93. The van der Waals surface area contributed by atoms with E-state index in [0.717, 1.165) is 31.2 Å². The average Bonchev–Trinajstić information content (AvgIpc) is 2.60. The summed E-state index contributed by atoms with van der Waals surface area (Å²) in [5, 5.41) is 12.5. The first kappa shape index (κ1) is 16.5. The van der Waals surface area contributed by atoms with Gasteiger partial charge in [-0.05, 0) is 37.3 Å². The van der Waals surface area contributed by atoms with E-state index in [1.165, 1.54) is 6.07 Å². The molecule has 5 heteroatoms. The molecule has 1 aliphatic carbocycles. The molecule has 0 bridgehead atoms. The van der Waals surface area contributed by atoms with E-state index in [-0.39, 0.29) is 23.6 Å². The first-order chi connectivity index (χ1) is 11.6. The van der Waals surface area contributed by atoms with Crippen LogP contribution in [-0.2, 0) is 6.54 Å². The number of pyridine rings is 1. The van der Waals surface area contributed by atoms with Gasteiger partial charge < -0.3 is 15.0 Å². The van der Waals surface area contributed by atoms with Crippen molar-refractivity contribution in [2.45, 2.75) is 44.4 Å². The number of hydrogen-bond acceptors (Lipinski definition) is 3. The fourth-order valence-corrected chi connectivity index (χ4v) is 3.06. The Kier molecular flexibility index (Phi) is 5.11. The molecule has 1 aromatic carbocycles. The lowest BCUT2D eigenvalue weighted by molar-refractivity contribution is 0.0867. The summed E-state index contributed by atoms with van der Waals surface area (Å²) in [5.74, 6) is -0.168. The van der Waals surface area contributed by atoms with E-state index < -0.39 is 0 Å². The maximum Gasteiger partial charge on any atom is 0.252 e. The molecule has 126 valence electrons. The van der Waals surface area contributed by atoms with Crippen LogP contribution < -0.4 is 10.9 Å². The van der Waals surface area contributed by atoms with E-state index >= 15 is 0 Å². The van der Waals surface area contributed by atoms with Gasteiger partial charge in [0.25, 0.3) is 11.5 Å². The van der Waals surface area contributed by atoms with Crippen molar-refractivity contribution >= 4 is 5.91 Å². The number of rotatable bonds is 4. The van der Waals surface area contributed by atoms with Gasteiger partial charge in [0.05, 0.1) is 18.2 Å². The quantitative estimate of drug-likeness (QED) is 0.902. The van der Waals surface area contributed by atoms with Gasteiger partial charge in [-0.25, -0.2) is 0 Å². The molecule has 0 radical (unpaired) electrons. The number of aliphatic hydroxyl groups is 1. The van der Waals surface area contributed by atoms with Crippen LogP contribution in [0.2, 0.25) is 0 Å². The van der Waals surface area contributed by atoms with Crippen molar-refractivity contribution in [1.29, 1.82) is 0 Å². The van der Waals surface area contributed by atoms with E-state index in [9.17, 15) is 14.7 Å². The minimum Gasteiger partial charge on any atom is -0.393 e. The molecule has 1 aliphatic rings. The topological polar surface area (TPSA) is 71.3 Å². The second-order valence-electron chi connectivity index (χ2n) is 6.35. The number of aliphatic hydroxyl groups excluding tert-OH is 1. The van der Waals surface area contributed by atoms with E-state index in [4.69, 9.17) is 0 Å². The number of nitrogens with one attached hydrogen (secondary N) is 1. The molecule has 1 amide bonds. The van der Waals surface area contributed by atoms with Crippen LogP contribution in [0.5, 0.6) is 0 Å². The van der Waals surface area contributed by atoms with Crippen LogP contribution in [0, 0.1) is 0 Å². The van der Waals surface area contributed by atoms with Crippen molar-refractivity contribution in [2.75, 3.05) is 0 Å². The summed E-state index contributed by atoms with van der Waals surface area (Å²) in [6.45, 7) is 0.441. The van der Waals surface area contributed by atoms with Gasteiger partial charge in [-0.3, -0.25) is 9.59 Å². The SMILES string of the molecule is O=C(NC1CCC(O)CC1)c1ccc(=O)n(Cc2ccccc2)c1. The number of amides is 1. The summed E-state index contributed by atoms with van der Waals surface area (Å²) in [6.07, 6.45) is 4.39.